The van der Waals surface area contributed by atoms with Gasteiger partial charge in [0.25, 0.3) is 0 Å². The Morgan fingerprint density at radius 2 is 1.71 bits per heavy atom. The molecule has 0 aromatic heterocycles. The highest BCUT2D eigenvalue weighted by atomic mass is 32.2. The summed E-state index contributed by atoms with van der Waals surface area (Å²) in [5.74, 6) is 0.386. The van der Waals surface area contributed by atoms with E-state index >= 15 is 0 Å². The molecule has 0 heterocycles. The summed E-state index contributed by atoms with van der Waals surface area (Å²) >= 11 is 0. The third kappa shape index (κ3) is 2.73. The molecule has 1 saturated carbocycles. The molecule has 1 aromatic carbocycles. The molecule has 0 amide bonds. The van der Waals surface area contributed by atoms with Crippen LogP contribution in [0.1, 0.15) is 37.2 Å². The molecule has 17 heavy (non-hydrogen) atoms. The Balaban J connectivity index is 2.36. The fourth-order valence-corrected chi connectivity index (χ4v) is 3.16. The molecule has 0 spiro atoms. The number of hydrogen-bond acceptors (Lipinski definition) is 3. The van der Waals surface area contributed by atoms with Gasteiger partial charge >= 0.3 is 0 Å². The molecule has 2 rings (SSSR count). The van der Waals surface area contributed by atoms with Crippen molar-refractivity contribution in [3.63, 3.8) is 0 Å². The second-order valence-corrected chi connectivity index (χ2v) is 5.93. The Morgan fingerprint density at radius 1 is 1.12 bits per heavy atom. The lowest BCUT2D eigenvalue weighted by atomic mass is 9.83. The molecule has 1 aliphatic carbocycles. The average Bonchev–Trinajstić information content (AvgIpc) is 2.29. The van der Waals surface area contributed by atoms with Gasteiger partial charge in [0.05, 0.1) is 4.90 Å². The quantitative estimate of drug-likeness (QED) is 0.868. The maximum absolute atomic E-state index is 11.5. The minimum Gasteiger partial charge on any atom is -0.300 e. The molecular formula is C12H15NO3S. The molecule has 1 fully saturated rings. The molecule has 1 aliphatic rings. The van der Waals surface area contributed by atoms with Crippen molar-refractivity contribution in [1.29, 1.82) is 0 Å². The first-order valence-electron chi connectivity index (χ1n) is 5.62. The summed E-state index contributed by atoms with van der Waals surface area (Å²) in [7, 11) is -3.68. The number of Topliss-reactive ketones (excluding diaryl/α,β-unsaturated/α-hetero) is 1. The number of carbonyl (C=O) groups is 1. The van der Waals surface area contributed by atoms with Gasteiger partial charge in [-0.1, -0.05) is 18.2 Å². The minimum atomic E-state index is -3.68. The van der Waals surface area contributed by atoms with Gasteiger partial charge in [-0.2, -0.15) is 0 Å². The third-order valence-corrected chi connectivity index (χ3v) is 4.19. The second-order valence-electron chi connectivity index (χ2n) is 4.40. The van der Waals surface area contributed by atoms with Crippen LogP contribution in [-0.4, -0.2) is 14.2 Å². The summed E-state index contributed by atoms with van der Waals surface area (Å²) in [6.07, 6.45) is 2.49. The van der Waals surface area contributed by atoms with Gasteiger partial charge in [0, 0.05) is 12.8 Å². The lowest BCUT2D eigenvalue weighted by molar-refractivity contribution is -0.120. The Labute approximate surface area is 101 Å². The first-order chi connectivity index (χ1) is 7.98. The van der Waals surface area contributed by atoms with Crippen LogP contribution in [0.25, 0.3) is 0 Å². The predicted molar refractivity (Wildman–Crippen MR) is 64.0 cm³/mol. The summed E-state index contributed by atoms with van der Waals surface area (Å²) in [5.41, 5.74) is 0.752. The van der Waals surface area contributed by atoms with Gasteiger partial charge in [-0.15, -0.1) is 0 Å². The molecule has 0 aliphatic heterocycles. The molecule has 4 nitrogen and oxygen atoms in total. The highest BCUT2D eigenvalue weighted by Gasteiger charge is 2.24. The van der Waals surface area contributed by atoms with Crippen LogP contribution < -0.4 is 5.14 Å². The van der Waals surface area contributed by atoms with Gasteiger partial charge in [-0.25, -0.2) is 13.6 Å². The van der Waals surface area contributed by atoms with Gasteiger partial charge in [-0.3, -0.25) is 4.79 Å². The lowest BCUT2D eigenvalue weighted by Gasteiger charge is -2.22. The monoisotopic (exact) mass is 253 g/mol. The highest BCUT2D eigenvalue weighted by molar-refractivity contribution is 7.89. The van der Waals surface area contributed by atoms with Crippen molar-refractivity contribution in [2.45, 2.75) is 36.5 Å². The maximum Gasteiger partial charge on any atom is 0.238 e. The van der Waals surface area contributed by atoms with Crippen LogP contribution in [0.5, 0.6) is 0 Å². The molecule has 5 heteroatoms. The van der Waals surface area contributed by atoms with E-state index in [9.17, 15) is 13.2 Å². The van der Waals surface area contributed by atoms with Crippen LogP contribution in [0.4, 0.5) is 0 Å². The van der Waals surface area contributed by atoms with Crippen LogP contribution in [0.2, 0.25) is 0 Å². The zero-order chi connectivity index (χ0) is 12.5. The van der Waals surface area contributed by atoms with Gasteiger partial charge in [0.2, 0.25) is 10.0 Å². The summed E-state index contributed by atoms with van der Waals surface area (Å²) in [5, 5.41) is 5.20. The number of ketones is 1. The normalized spacial score (nSPS) is 18.3. The fraction of sp³-hybridized carbons (Fsp3) is 0.417. The predicted octanol–water partition coefficient (Wildman–Crippen LogP) is 1.56. The first-order valence-corrected chi connectivity index (χ1v) is 7.16. The number of nitrogens with two attached hydrogens (primary N) is 1. The lowest BCUT2D eigenvalue weighted by Crippen LogP contribution is -2.18. The van der Waals surface area contributed by atoms with Crippen LogP contribution in [-0.2, 0) is 14.8 Å². The first kappa shape index (κ1) is 12.3. The summed E-state index contributed by atoms with van der Waals surface area (Å²) in [6, 6.07) is 6.79. The van der Waals surface area contributed by atoms with Crippen LogP contribution >= 0.6 is 0 Å². The zero-order valence-electron chi connectivity index (χ0n) is 9.43. The van der Waals surface area contributed by atoms with Gasteiger partial charge in [0.15, 0.2) is 0 Å². The van der Waals surface area contributed by atoms with Crippen LogP contribution in [0.3, 0.4) is 0 Å². The van der Waals surface area contributed by atoms with Crippen molar-refractivity contribution in [2.75, 3.05) is 0 Å². The second kappa shape index (κ2) is 4.58. The Hall–Kier alpha value is -1.20. The van der Waals surface area contributed by atoms with Crippen molar-refractivity contribution in [2.24, 2.45) is 5.14 Å². The van der Waals surface area contributed by atoms with E-state index in [2.05, 4.69) is 0 Å². The summed E-state index contributed by atoms with van der Waals surface area (Å²) < 4.78 is 22.9. The largest absolute Gasteiger partial charge is 0.300 e. The number of primary sulfonamides is 1. The van der Waals surface area contributed by atoms with E-state index in [0.717, 1.165) is 5.56 Å². The third-order valence-electron chi connectivity index (χ3n) is 3.21. The van der Waals surface area contributed by atoms with E-state index in [4.69, 9.17) is 5.14 Å². The van der Waals surface area contributed by atoms with Crippen molar-refractivity contribution < 1.29 is 13.2 Å². The molecule has 0 saturated heterocycles. The van der Waals surface area contributed by atoms with E-state index < -0.39 is 10.0 Å². The number of benzene rings is 1. The topological polar surface area (TPSA) is 77.2 Å². The Morgan fingerprint density at radius 3 is 2.29 bits per heavy atom. The van der Waals surface area contributed by atoms with Crippen LogP contribution in [0.15, 0.2) is 29.2 Å². The van der Waals surface area contributed by atoms with Crippen LogP contribution in [0, 0.1) is 0 Å². The molecule has 1 aromatic rings. The van der Waals surface area contributed by atoms with Gasteiger partial charge in [0.1, 0.15) is 5.78 Å². The fourth-order valence-electron chi connectivity index (χ4n) is 2.33. The molecular weight excluding hydrogens is 238 g/mol. The van der Waals surface area contributed by atoms with E-state index in [1.54, 1.807) is 18.2 Å². The Bertz CT molecular complexity index is 526. The van der Waals surface area contributed by atoms with E-state index in [0.29, 0.717) is 25.7 Å². The number of hydrogen-bond donors (Lipinski definition) is 1. The molecule has 2 N–H and O–H groups in total. The molecule has 0 unspecified atom stereocenters. The SMILES string of the molecule is NS(=O)(=O)c1ccccc1C1CCC(=O)CC1. The van der Waals surface area contributed by atoms with Crippen molar-refractivity contribution >= 4 is 15.8 Å². The van der Waals surface area contributed by atoms with E-state index in [1.807, 2.05) is 0 Å². The molecule has 0 atom stereocenters. The maximum atomic E-state index is 11.5. The van der Waals surface area contributed by atoms with Crippen molar-refractivity contribution in [1.82, 2.24) is 0 Å². The number of sulfonamides is 1. The van der Waals surface area contributed by atoms with E-state index in [1.165, 1.54) is 6.07 Å². The number of carbonyl (C=O) groups excluding carboxylic acids is 1. The standard InChI is InChI=1S/C12H15NO3S/c13-17(15,16)12-4-2-1-3-11(12)9-5-7-10(14)8-6-9/h1-4,9H,5-8H2,(H2,13,15,16). The number of rotatable bonds is 2. The minimum absolute atomic E-state index is 0.127. The summed E-state index contributed by atoms with van der Waals surface area (Å²) in [4.78, 5) is 11.4. The molecule has 0 bridgehead atoms. The van der Waals surface area contributed by atoms with Crippen molar-refractivity contribution in [3.8, 4) is 0 Å². The average molecular weight is 253 g/mol. The summed E-state index contributed by atoms with van der Waals surface area (Å²) in [6.45, 7) is 0. The van der Waals surface area contributed by atoms with Crippen molar-refractivity contribution in [3.05, 3.63) is 29.8 Å². The van der Waals surface area contributed by atoms with Gasteiger partial charge < -0.3 is 0 Å². The molecule has 92 valence electrons. The highest BCUT2D eigenvalue weighted by Crippen LogP contribution is 2.34. The molecule has 0 radical (unpaired) electrons. The van der Waals surface area contributed by atoms with Gasteiger partial charge in [-0.05, 0) is 30.4 Å². The smallest absolute Gasteiger partial charge is 0.238 e. The van der Waals surface area contributed by atoms with E-state index in [-0.39, 0.29) is 16.6 Å². The Kier molecular flexibility index (Phi) is 3.31. The zero-order valence-corrected chi connectivity index (χ0v) is 10.2.